The van der Waals surface area contributed by atoms with E-state index in [-0.39, 0.29) is 0 Å². The largest absolute Gasteiger partial charge is 0.463 e. The molecule has 0 radical (unpaired) electrons. The summed E-state index contributed by atoms with van der Waals surface area (Å²) in [5, 5.41) is 0. The molecule has 1 aromatic heterocycles. The first-order chi connectivity index (χ1) is 5.83. The molecule has 0 saturated heterocycles. The molecule has 0 aliphatic rings. The van der Waals surface area contributed by atoms with Gasteiger partial charge in [-0.1, -0.05) is 6.08 Å². The van der Waals surface area contributed by atoms with Crippen molar-refractivity contribution < 1.29 is 4.74 Å². The molecule has 0 atom stereocenters. The average molecular weight is 276 g/mol. The van der Waals surface area contributed by atoms with Crippen molar-refractivity contribution in [1.29, 1.82) is 0 Å². The van der Waals surface area contributed by atoms with Crippen LogP contribution < -0.4 is 4.74 Å². The van der Waals surface area contributed by atoms with Gasteiger partial charge >= 0.3 is 6.01 Å². The minimum atomic E-state index is 0.428. The van der Waals surface area contributed by atoms with Crippen LogP contribution in [0.4, 0.5) is 0 Å². The predicted molar refractivity (Wildman–Crippen MR) is 55.1 cm³/mol. The van der Waals surface area contributed by atoms with Crippen LogP contribution in [0.25, 0.3) is 0 Å². The van der Waals surface area contributed by atoms with E-state index in [4.69, 9.17) is 4.74 Å². The van der Waals surface area contributed by atoms with E-state index in [1.54, 1.807) is 18.5 Å². The summed E-state index contributed by atoms with van der Waals surface area (Å²) in [6.45, 7) is 4.17. The number of aromatic nitrogens is 2. The Labute approximate surface area is 85.0 Å². The molecular formula is C8H9IN2O. The summed E-state index contributed by atoms with van der Waals surface area (Å²) in [6, 6.07) is 0.428. The lowest BCUT2D eigenvalue weighted by atomic mass is 10.5. The molecule has 4 heteroatoms. The Morgan fingerprint density at radius 2 is 2.17 bits per heavy atom. The topological polar surface area (TPSA) is 35.0 Å². The van der Waals surface area contributed by atoms with Gasteiger partial charge in [-0.2, -0.15) is 0 Å². The summed E-state index contributed by atoms with van der Waals surface area (Å²) in [6.07, 6.45) is 6.05. The van der Waals surface area contributed by atoms with Gasteiger partial charge in [-0.15, -0.1) is 6.58 Å². The molecule has 0 bridgehead atoms. The van der Waals surface area contributed by atoms with Crippen molar-refractivity contribution in [3.8, 4) is 6.01 Å². The quantitative estimate of drug-likeness (QED) is 0.479. The van der Waals surface area contributed by atoms with Gasteiger partial charge < -0.3 is 4.74 Å². The molecular weight excluding hydrogens is 267 g/mol. The molecule has 1 rings (SSSR count). The Hall–Kier alpha value is -0.650. The number of nitrogens with zero attached hydrogens (tertiary/aromatic N) is 2. The third kappa shape index (κ3) is 3.17. The van der Waals surface area contributed by atoms with Gasteiger partial charge in [0.15, 0.2) is 0 Å². The first-order valence-corrected chi connectivity index (χ1v) is 4.62. The van der Waals surface area contributed by atoms with Crippen molar-refractivity contribution >= 4 is 22.6 Å². The highest BCUT2D eigenvalue weighted by Crippen LogP contribution is 2.04. The van der Waals surface area contributed by atoms with E-state index in [0.717, 1.165) is 9.99 Å². The maximum absolute atomic E-state index is 5.20. The summed E-state index contributed by atoms with van der Waals surface area (Å²) in [7, 11) is 0. The summed E-state index contributed by atoms with van der Waals surface area (Å²) in [4.78, 5) is 7.95. The molecule has 1 heterocycles. The Balaban J connectivity index is 2.42. The highest BCUT2D eigenvalue weighted by Gasteiger charge is 1.94. The van der Waals surface area contributed by atoms with E-state index in [9.17, 15) is 0 Å². The first-order valence-electron chi connectivity index (χ1n) is 3.54. The molecule has 0 amide bonds. The van der Waals surface area contributed by atoms with Crippen LogP contribution in [-0.2, 0) is 0 Å². The highest BCUT2D eigenvalue weighted by atomic mass is 127. The van der Waals surface area contributed by atoms with E-state index < -0.39 is 0 Å². The van der Waals surface area contributed by atoms with Gasteiger partial charge in [0.05, 0.1) is 6.61 Å². The second-order valence-electron chi connectivity index (χ2n) is 2.11. The maximum atomic E-state index is 5.20. The predicted octanol–water partition coefficient (Wildman–Crippen LogP) is 2.04. The van der Waals surface area contributed by atoms with Gasteiger partial charge in [0, 0.05) is 16.0 Å². The zero-order chi connectivity index (χ0) is 8.81. The van der Waals surface area contributed by atoms with Gasteiger partial charge in [0.25, 0.3) is 0 Å². The van der Waals surface area contributed by atoms with Crippen molar-refractivity contribution in [2.24, 2.45) is 0 Å². The van der Waals surface area contributed by atoms with Crippen LogP contribution in [0.5, 0.6) is 6.01 Å². The molecule has 0 unspecified atom stereocenters. The average Bonchev–Trinajstić information content (AvgIpc) is 2.09. The molecule has 0 aromatic carbocycles. The number of ether oxygens (including phenoxy) is 1. The fourth-order valence-electron chi connectivity index (χ4n) is 0.609. The molecule has 3 nitrogen and oxygen atoms in total. The summed E-state index contributed by atoms with van der Waals surface area (Å²) in [5.74, 6) is 0. The van der Waals surface area contributed by atoms with E-state index in [1.807, 2.05) is 0 Å². The van der Waals surface area contributed by atoms with Gasteiger partial charge in [0.2, 0.25) is 0 Å². The monoisotopic (exact) mass is 276 g/mol. The van der Waals surface area contributed by atoms with Crippen molar-refractivity contribution in [2.45, 2.75) is 6.42 Å². The molecule has 0 aliphatic heterocycles. The fraction of sp³-hybridized carbons (Fsp3) is 0.250. The number of halogens is 1. The Bertz CT molecular complexity index is 248. The van der Waals surface area contributed by atoms with Gasteiger partial charge in [-0.25, -0.2) is 9.97 Å². The van der Waals surface area contributed by atoms with Crippen LogP contribution >= 0.6 is 22.6 Å². The summed E-state index contributed by atoms with van der Waals surface area (Å²) < 4.78 is 6.21. The van der Waals surface area contributed by atoms with Crippen molar-refractivity contribution in [2.75, 3.05) is 6.61 Å². The first kappa shape index (κ1) is 9.44. The molecule has 1 aromatic rings. The normalized spacial score (nSPS) is 9.42. The van der Waals surface area contributed by atoms with E-state index >= 15 is 0 Å². The Kier molecular flexibility index (Phi) is 3.99. The number of hydrogen-bond acceptors (Lipinski definition) is 3. The number of hydrogen-bond donors (Lipinski definition) is 0. The summed E-state index contributed by atoms with van der Waals surface area (Å²) >= 11 is 2.14. The van der Waals surface area contributed by atoms with Gasteiger partial charge in [-0.05, 0) is 29.0 Å². The SMILES string of the molecule is C=CCCOc1ncc(I)cn1. The highest BCUT2D eigenvalue weighted by molar-refractivity contribution is 14.1. The summed E-state index contributed by atoms with van der Waals surface area (Å²) in [5.41, 5.74) is 0. The van der Waals surface area contributed by atoms with Crippen LogP contribution in [-0.4, -0.2) is 16.6 Å². The molecule has 0 N–H and O–H groups in total. The Morgan fingerprint density at radius 1 is 1.50 bits per heavy atom. The molecule has 0 spiro atoms. The lowest BCUT2D eigenvalue weighted by Crippen LogP contribution is -1.99. The van der Waals surface area contributed by atoms with Crippen LogP contribution in [0.3, 0.4) is 0 Å². The van der Waals surface area contributed by atoms with E-state index in [2.05, 4.69) is 39.1 Å². The van der Waals surface area contributed by atoms with Crippen LogP contribution in [0, 0.1) is 3.57 Å². The van der Waals surface area contributed by atoms with E-state index in [0.29, 0.717) is 12.6 Å². The van der Waals surface area contributed by atoms with Crippen LogP contribution in [0.2, 0.25) is 0 Å². The minimum absolute atomic E-state index is 0.428. The lowest BCUT2D eigenvalue weighted by Gasteiger charge is -2.00. The fourth-order valence-corrected chi connectivity index (χ4v) is 0.887. The second-order valence-corrected chi connectivity index (χ2v) is 3.36. The third-order valence-electron chi connectivity index (χ3n) is 1.15. The van der Waals surface area contributed by atoms with Gasteiger partial charge in [0.1, 0.15) is 0 Å². The zero-order valence-corrected chi connectivity index (χ0v) is 8.69. The molecule has 0 aliphatic carbocycles. The van der Waals surface area contributed by atoms with Crippen LogP contribution in [0.15, 0.2) is 25.0 Å². The van der Waals surface area contributed by atoms with Crippen molar-refractivity contribution in [1.82, 2.24) is 9.97 Å². The van der Waals surface area contributed by atoms with Crippen LogP contribution in [0.1, 0.15) is 6.42 Å². The molecule has 0 fully saturated rings. The maximum Gasteiger partial charge on any atom is 0.316 e. The minimum Gasteiger partial charge on any atom is -0.463 e. The zero-order valence-electron chi connectivity index (χ0n) is 6.53. The number of rotatable bonds is 4. The smallest absolute Gasteiger partial charge is 0.316 e. The molecule has 12 heavy (non-hydrogen) atoms. The second kappa shape index (κ2) is 5.08. The van der Waals surface area contributed by atoms with E-state index in [1.165, 1.54) is 0 Å². The standard InChI is InChI=1S/C8H9IN2O/c1-2-3-4-12-8-10-5-7(9)6-11-8/h2,5-6H,1,3-4H2. The Morgan fingerprint density at radius 3 is 2.75 bits per heavy atom. The molecule has 0 saturated carbocycles. The van der Waals surface area contributed by atoms with Crippen molar-refractivity contribution in [3.63, 3.8) is 0 Å². The van der Waals surface area contributed by atoms with Crippen molar-refractivity contribution in [3.05, 3.63) is 28.6 Å². The lowest BCUT2D eigenvalue weighted by molar-refractivity contribution is 0.298. The third-order valence-corrected chi connectivity index (χ3v) is 1.71. The molecule has 64 valence electrons. The van der Waals surface area contributed by atoms with Gasteiger partial charge in [-0.3, -0.25) is 0 Å².